The lowest BCUT2D eigenvalue weighted by molar-refractivity contribution is -0.120. The average Bonchev–Trinajstić information content (AvgIpc) is 3.09. The Labute approximate surface area is 185 Å². The Kier molecular flexibility index (Phi) is 5.92. The van der Waals surface area contributed by atoms with Crippen LogP contribution in [-0.4, -0.2) is 39.0 Å². The summed E-state index contributed by atoms with van der Waals surface area (Å²) in [4.78, 5) is 14.9. The van der Waals surface area contributed by atoms with Crippen LogP contribution in [0.2, 0.25) is 10.0 Å². The van der Waals surface area contributed by atoms with Gasteiger partial charge in [0.15, 0.2) is 11.6 Å². The quantitative estimate of drug-likeness (QED) is 0.643. The normalized spacial score (nSPS) is 16.5. The van der Waals surface area contributed by atoms with Gasteiger partial charge in [-0.2, -0.15) is 5.10 Å². The van der Waals surface area contributed by atoms with Crippen molar-refractivity contribution >= 4 is 40.6 Å². The SMILES string of the molecule is Cc1cc(C)n(-c2ccc(N3CCCC(C(=O)Nc4ccc(Cl)c(Cl)c4)C3)nn2)n1. The third-order valence-electron chi connectivity index (χ3n) is 5.17. The molecule has 30 heavy (non-hydrogen) atoms. The molecule has 1 aromatic carbocycles. The number of piperidine rings is 1. The van der Waals surface area contributed by atoms with Gasteiger partial charge in [-0.05, 0) is 63.1 Å². The second-order valence-corrected chi connectivity index (χ2v) is 8.31. The molecule has 1 unspecified atom stereocenters. The van der Waals surface area contributed by atoms with Gasteiger partial charge >= 0.3 is 0 Å². The maximum absolute atomic E-state index is 12.8. The summed E-state index contributed by atoms with van der Waals surface area (Å²) in [7, 11) is 0. The molecule has 1 fully saturated rings. The van der Waals surface area contributed by atoms with E-state index in [1.807, 2.05) is 32.0 Å². The van der Waals surface area contributed by atoms with Crippen molar-refractivity contribution in [1.29, 1.82) is 0 Å². The van der Waals surface area contributed by atoms with Crippen LogP contribution < -0.4 is 10.2 Å². The molecule has 0 spiro atoms. The fourth-order valence-corrected chi connectivity index (χ4v) is 3.98. The number of aromatic nitrogens is 4. The lowest BCUT2D eigenvalue weighted by atomic mass is 9.97. The van der Waals surface area contributed by atoms with Crippen molar-refractivity contribution in [2.24, 2.45) is 5.92 Å². The van der Waals surface area contributed by atoms with Crippen molar-refractivity contribution in [1.82, 2.24) is 20.0 Å². The number of carbonyl (C=O) groups excluding carboxylic acids is 1. The first kappa shape index (κ1) is 20.6. The van der Waals surface area contributed by atoms with Crippen LogP contribution in [0.5, 0.6) is 0 Å². The summed E-state index contributed by atoms with van der Waals surface area (Å²) in [6, 6.07) is 10.9. The van der Waals surface area contributed by atoms with Crippen molar-refractivity contribution in [2.45, 2.75) is 26.7 Å². The van der Waals surface area contributed by atoms with Crippen LogP contribution in [0.15, 0.2) is 36.4 Å². The van der Waals surface area contributed by atoms with E-state index in [0.717, 1.165) is 36.6 Å². The van der Waals surface area contributed by atoms with E-state index in [-0.39, 0.29) is 11.8 Å². The first-order valence-corrected chi connectivity index (χ1v) is 10.5. The monoisotopic (exact) mass is 444 g/mol. The minimum atomic E-state index is -0.148. The van der Waals surface area contributed by atoms with Crippen molar-refractivity contribution in [3.8, 4) is 5.82 Å². The molecule has 1 saturated heterocycles. The molecule has 1 aliphatic rings. The Bertz CT molecular complexity index is 1070. The fourth-order valence-electron chi connectivity index (χ4n) is 3.68. The minimum absolute atomic E-state index is 0.0368. The van der Waals surface area contributed by atoms with Gasteiger partial charge in [0.25, 0.3) is 0 Å². The van der Waals surface area contributed by atoms with Crippen LogP contribution >= 0.6 is 23.2 Å². The number of nitrogens with zero attached hydrogens (tertiary/aromatic N) is 5. The summed E-state index contributed by atoms with van der Waals surface area (Å²) in [6.07, 6.45) is 1.72. The Morgan fingerprint density at radius 3 is 2.50 bits per heavy atom. The molecule has 1 N–H and O–H groups in total. The smallest absolute Gasteiger partial charge is 0.229 e. The third kappa shape index (κ3) is 4.42. The molecule has 1 amide bonds. The molecule has 0 radical (unpaired) electrons. The van der Waals surface area contributed by atoms with Gasteiger partial charge < -0.3 is 10.2 Å². The number of rotatable bonds is 4. The Morgan fingerprint density at radius 1 is 1.07 bits per heavy atom. The molecule has 0 bridgehead atoms. The van der Waals surface area contributed by atoms with Crippen LogP contribution in [0, 0.1) is 19.8 Å². The van der Waals surface area contributed by atoms with Crippen LogP contribution in [0.4, 0.5) is 11.5 Å². The molecule has 3 heterocycles. The maximum Gasteiger partial charge on any atom is 0.229 e. The third-order valence-corrected chi connectivity index (χ3v) is 5.91. The van der Waals surface area contributed by atoms with E-state index in [9.17, 15) is 4.79 Å². The predicted molar refractivity (Wildman–Crippen MR) is 119 cm³/mol. The van der Waals surface area contributed by atoms with Crippen molar-refractivity contribution in [3.05, 3.63) is 57.8 Å². The molecule has 9 heteroatoms. The van der Waals surface area contributed by atoms with Crippen LogP contribution in [0.1, 0.15) is 24.2 Å². The minimum Gasteiger partial charge on any atom is -0.354 e. The number of halogens is 2. The first-order valence-electron chi connectivity index (χ1n) is 9.79. The zero-order valence-electron chi connectivity index (χ0n) is 16.8. The number of nitrogens with one attached hydrogen (secondary N) is 1. The van der Waals surface area contributed by atoms with Crippen LogP contribution in [0.3, 0.4) is 0 Å². The zero-order valence-corrected chi connectivity index (χ0v) is 18.3. The topological polar surface area (TPSA) is 75.9 Å². The number of hydrogen-bond acceptors (Lipinski definition) is 5. The number of amides is 1. The second kappa shape index (κ2) is 8.62. The summed E-state index contributed by atoms with van der Waals surface area (Å²) in [5, 5.41) is 17.0. The van der Waals surface area contributed by atoms with Gasteiger partial charge in [-0.1, -0.05) is 23.2 Å². The number of anilines is 2. The van der Waals surface area contributed by atoms with Crippen molar-refractivity contribution in [3.63, 3.8) is 0 Å². The summed E-state index contributed by atoms with van der Waals surface area (Å²) in [5.74, 6) is 1.25. The predicted octanol–water partition coefficient (Wildman–Crippen LogP) is 4.44. The van der Waals surface area contributed by atoms with Gasteiger partial charge in [-0.15, -0.1) is 10.2 Å². The lowest BCUT2D eigenvalue weighted by Crippen LogP contribution is -2.41. The van der Waals surface area contributed by atoms with E-state index in [1.54, 1.807) is 22.9 Å². The average molecular weight is 445 g/mol. The van der Waals surface area contributed by atoms with E-state index < -0.39 is 0 Å². The molecule has 1 atom stereocenters. The van der Waals surface area contributed by atoms with Gasteiger partial charge in [0.2, 0.25) is 5.91 Å². The van der Waals surface area contributed by atoms with Gasteiger partial charge in [0.1, 0.15) is 0 Å². The first-order chi connectivity index (χ1) is 14.4. The summed E-state index contributed by atoms with van der Waals surface area (Å²) in [5.41, 5.74) is 2.58. The van der Waals surface area contributed by atoms with Gasteiger partial charge in [0, 0.05) is 24.5 Å². The number of benzene rings is 1. The van der Waals surface area contributed by atoms with E-state index >= 15 is 0 Å². The van der Waals surface area contributed by atoms with Crippen LogP contribution in [-0.2, 0) is 4.79 Å². The van der Waals surface area contributed by atoms with Crippen molar-refractivity contribution in [2.75, 3.05) is 23.3 Å². The van der Waals surface area contributed by atoms with E-state index in [1.165, 1.54) is 0 Å². The Balaban J connectivity index is 1.43. The standard InChI is InChI=1S/C21H22Cl2N6O/c1-13-10-14(2)29(27-13)20-8-7-19(25-26-20)28-9-3-4-15(12-28)21(30)24-16-5-6-17(22)18(23)11-16/h5-8,10-11,15H,3-4,9,12H2,1-2H3,(H,24,30). The number of aryl methyl sites for hydroxylation is 2. The second-order valence-electron chi connectivity index (χ2n) is 7.49. The van der Waals surface area contributed by atoms with Gasteiger partial charge in [0.05, 0.1) is 21.7 Å². The molecular weight excluding hydrogens is 423 g/mol. The maximum atomic E-state index is 12.8. The van der Waals surface area contributed by atoms with Gasteiger partial charge in [-0.3, -0.25) is 4.79 Å². The van der Waals surface area contributed by atoms with E-state index in [4.69, 9.17) is 23.2 Å². The van der Waals surface area contributed by atoms with E-state index in [0.29, 0.717) is 28.1 Å². The number of hydrogen-bond donors (Lipinski definition) is 1. The summed E-state index contributed by atoms with van der Waals surface area (Å²) >= 11 is 12.0. The number of carbonyl (C=O) groups is 1. The Hall–Kier alpha value is -2.64. The van der Waals surface area contributed by atoms with Gasteiger partial charge in [-0.25, -0.2) is 4.68 Å². The molecule has 4 rings (SSSR count). The zero-order chi connectivity index (χ0) is 21.3. The molecule has 3 aromatic rings. The molecule has 1 aliphatic heterocycles. The summed E-state index contributed by atoms with van der Waals surface area (Å²) < 4.78 is 1.77. The molecule has 0 saturated carbocycles. The lowest BCUT2D eigenvalue weighted by Gasteiger charge is -2.32. The fraction of sp³-hybridized carbons (Fsp3) is 0.333. The molecular formula is C21H22Cl2N6O. The highest BCUT2D eigenvalue weighted by Gasteiger charge is 2.27. The Morgan fingerprint density at radius 2 is 1.83 bits per heavy atom. The molecule has 2 aromatic heterocycles. The highest BCUT2D eigenvalue weighted by Crippen LogP contribution is 2.27. The van der Waals surface area contributed by atoms with Crippen LogP contribution in [0.25, 0.3) is 5.82 Å². The summed E-state index contributed by atoms with van der Waals surface area (Å²) in [6.45, 7) is 5.35. The molecule has 7 nitrogen and oxygen atoms in total. The van der Waals surface area contributed by atoms with E-state index in [2.05, 4.69) is 25.5 Å². The highest BCUT2D eigenvalue weighted by molar-refractivity contribution is 6.42. The molecule has 156 valence electrons. The largest absolute Gasteiger partial charge is 0.354 e. The molecule has 0 aliphatic carbocycles. The highest BCUT2D eigenvalue weighted by atomic mass is 35.5. The van der Waals surface area contributed by atoms with Crippen molar-refractivity contribution < 1.29 is 4.79 Å².